The van der Waals surface area contributed by atoms with E-state index in [4.69, 9.17) is 5.11 Å². The first-order valence-electron chi connectivity index (χ1n) is 6.16. The number of carbonyl (C=O) groups excluding carboxylic acids is 1. The number of hydrogen-bond donors (Lipinski definition) is 4. The molecular weight excluding hydrogens is 266 g/mol. The third kappa shape index (κ3) is 5.71. The molecule has 0 saturated heterocycles. The molecule has 0 aliphatic heterocycles. The first-order chi connectivity index (χ1) is 9.15. The minimum atomic E-state index is -1.06. The lowest BCUT2D eigenvalue weighted by atomic mass is 10.2. The summed E-state index contributed by atoms with van der Waals surface area (Å²) in [6, 6.07) is 1.99. The van der Waals surface area contributed by atoms with Crippen LogP contribution in [-0.4, -0.2) is 36.7 Å². The second-order valence-electron chi connectivity index (χ2n) is 3.89. The number of urea groups is 1. The van der Waals surface area contributed by atoms with Gasteiger partial charge in [-0.2, -0.15) is 0 Å². The molecule has 1 unspecified atom stereocenters. The molecule has 4 N–H and O–H groups in total. The Morgan fingerprint density at radius 3 is 2.79 bits per heavy atom. The molecule has 0 saturated carbocycles. The summed E-state index contributed by atoms with van der Waals surface area (Å²) in [6.45, 7) is 4.24. The van der Waals surface area contributed by atoms with Crippen LogP contribution in [0.25, 0.3) is 0 Å². The highest BCUT2D eigenvalue weighted by molar-refractivity contribution is 7.10. The molecule has 6 nitrogen and oxygen atoms in total. The van der Waals surface area contributed by atoms with Gasteiger partial charge in [0.15, 0.2) is 6.04 Å². The van der Waals surface area contributed by atoms with Gasteiger partial charge in [0.25, 0.3) is 0 Å². The molecule has 0 radical (unpaired) electrons. The summed E-state index contributed by atoms with van der Waals surface area (Å²) in [5, 5.41) is 19.1. The van der Waals surface area contributed by atoms with Crippen LogP contribution < -0.4 is 16.0 Å². The molecule has 0 aliphatic carbocycles. The standard InChI is InChI=1S/C12H19N3O3S/c1-2-13-6-4-7-14-12(18)15-10(11(16)17)9-5-3-8-19-9/h3,5,8,10,13H,2,4,6-7H2,1H3,(H,16,17)(H2,14,15,18). The maximum absolute atomic E-state index is 11.6. The second kappa shape index (κ2) is 8.49. The fourth-order valence-corrected chi connectivity index (χ4v) is 2.25. The van der Waals surface area contributed by atoms with Gasteiger partial charge < -0.3 is 21.1 Å². The summed E-state index contributed by atoms with van der Waals surface area (Å²) in [6.07, 6.45) is 0.804. The molecule has 0 aromatic carbocycles. The molecular formula is C12H19N3O3S. The van der Waals surface area contributed by atoms with Gasteiger partial charge in [-0.1, -0.05) is 13.0 Å². The molecule has 0 aliphatic rings. The monoisotopic (exact) mass is 285 g/mol. The number of nitrogens with one attached hydrogen (secondary N) is 3. The van der Waals surface area contributed by atoms with Crippen LogP contribution in [0.1, 0.15) is 24.3 Å². The lowest BCUT2D eigenvalue weighted by Gasteiger charge is -2.13. The quantitative estimate of drug-likeness (QED) is 0.540. The fourth-order valence-electron chi connectivity index (χ4n) is 1.48. The van der Waals surface area contributed by atoms with Crippen molar-refractivity contribution in [2.75, 3.05) is 19.6 Å². The summed E-state index contributed by atoms with van der Waals surface area (Å²) < 4.78 is 0. The summed E-state index contributed by atoms with van der Waals surface area (Å²) in [5.41, 5.74) is 0. The maximum atomic E-state index is 11.6. The SMILES string of the molecule is CCNCCCNC(=O)NC(C(=O)O)c1cccs1. The van der Waals surface area contributed by atoms with Crippen LogP contribution in [0.4, 0.5) is 4.79 Å². The van der Waals surface area contributed by atoms with Crippen LogP contribution in [0.2, 0.25) is 0 Å². The first kappa shape index (κ1) is 15.5. The molecule has 1 aromatic rings. The Kier molecular flexibility index (Phi) is 6.91. The number of carboxylic acid groups (broad SMARTS) is 1. The highest BCUT2D eigenvalue weighted by Crippen LogP contribution is 2.18. The van der Waals surface area contributed by atoms with Gasteiger partial charge in [-0.25, -0.2) is 9.59 Å². The molecule has 1 aromatic heterocycles. The minimum absolute atomic E-state index is 0.461. The summed E-state index contributed by atoms with van der Waals surface area (Å²) in [4.78, 5) is 23.3. The van der Waals surface area contributed by atoms with Gasteiger partial charge in [0, 0.05) is 11.4 Å². The Labute approximate surface area is 116 Å². The van der Waals surface area contributed by atoms with E-state index in [1.807, 2.05) is 6.92 Å². The molecule has 7 heteroatoms. The third-order valence-electron chi connectivity index (χ3n) is 2.42. The zero-order chi connectivity index (χ0) is 14.1. The Bertz CT molecular complexity index is 395. The molecule has 0 bridgehead atoms. The van der Waals surface area contributed by atoms with E-state index in [2.05, 4.69) is 16.0 Å². The smallest absolute Gasteiger partial charge is 0.331 e. The number of thiophene rings is 1. The Morgan fingerprint density at radius 2 is 2.21 bits per heavy atom. The zero-order valence-electron chi connectivity index (χ0n) is 10.8. The van der Waals surface area contributed by atoms with E-state index in [0.29, 0.717) is 11.4 Å². The van der Waals surface area contributed by atoms with Gasteiger partial charge in [-0.3, -0.25) is 0 Å². The molecule has 106 valence electrons. The van der Waals surface area contributed by atoms with Crippen LogP contribution in [0, 0.1) is 0 Å². The van der Waals surface area contributed by atoms with E-state index >= 15 is 0 Å². The fraction of sp³-hybridized carbons (Fsp3) is 0.500. The van der Waals surface area contributed by atoms with Crippen molar-refractivity contribution in [3.8, 4) is 0 Å². The van der Waals surface area contributed by atoms with Crippen molar-refractivity contribution in [1.82, 2.24) is 16.0 Å². The Hall–Kier alpha value is -1.60. The highest BCUT2D eigenvalue weighted by atomic mass is 32.1. The van der Waals surface area contributed by atoms with Gasteiger partial charge in [-0.05, 0) is 31.0 Å². The van der Waals surface area contributed by atoms with Crippen LogP contribution in [0.5, 0.6) is 0 Å². The number of carbonyl (C=O) groups is 2. The summed E-state index contributed by atoms with van der Waals surface area (Å²) in [7, 11) is 0. The van der Waals surface area contributed by atoms with Crippen LogP contribution in [0.3, 0.4) is 0 Å². The topological polar surface area (TPSA) is 90.5 Å². The van der Waals surface area contributed by atoms with E-state index in [-0.39, 0.29) is 0 Å². The van der Waals surface area contributed by atoms with Gasteiger partial charge in [-0.15, -0.1) is 11.3 Å². The largest absolute Gasteiger partial charge is 0.479 e. The van der Waals surface area contributed by atoms with Crippen molar-refractivity contribution in [3.63, 3.8) is 0 Å². The summed E-state index contributed by atoms with van der Waals surface area (Å²) >= 11 is 1.30. The number of rotatable bonds is 8. The molecule has 0 fully saturated rings. The third-order valence-corrected chi connectivity index (χ3v) is 3.35. The number of amides is 2. The van der Waals surface area contributed by atoms with Crippen molar-refractivity contribution in [2.45, 2.75) is 19.4 Å². The lowest BCUT2D eigenvalue weighted by molar-refractivity contribution is -0.139. The van der Waals surface area contributed by atoms with E-state index < -0.39 is 18.0 Å². The normalized spacial score (nSPS) is 11.8. The van der Waals surface area contributed by atoms with E-state index in [0.717, 1.165) is 19.5 Å². The molecule has 1 atom stereocenters. The number of aliphatic carboxylic acids is 1. The Morgan fingerprint density at radius 1 is 1.42 bits per heavy atom. The maximum Gasteiger partial charge on any atom is 0.331 e. The van der Waals surface area contributed by atoms with Gasteiger partial charge in [0.1, 0.15) is 0 Å². The summed E-state index contributed by atoms with van der Waals surface area (Å²) in [5.74, 6) is -1.06. The average Bonchev–Trinajstić information content (AvgIpc) is 2.89. The van der Waals surface area contributed by atoms with Crippen LogP contribution >= 0.6 is 11.3 Å². The van der Waals surface area contributed by atoms with Crippen molar-refractivity contribution >= 4 is 23.3 Å². The van der Waals surface area contributed by atoms with Crippen molar-refractivity contribution in [1.29, 1.82) is 0 Å². The van der Waals surface area contributed by atoms with E-state index in [1.165, 1.54) is 11.3 Å². The van der Waals surface area contributed by atoms with E-state index in [1.54, 1.807) is 17.5 Å². The lowest BCUT2D eigenvalue weighted by Crippen LogP contribution is -2.41. The Balaban J connectivity index is 2.34. The predicted octanol–water partition coefficient (Wildman–Crippen LogP) is 1.17. The molecule has 1 heterocycles. The number of carboxylic acids is 1. The van der Waals surface area contributed by atoms with Crippen LogP contribution in [-0.2, 0) is 4.79 Å². The van der Waals surface area contributed by atoms with Gasteiger partial charge in [0.05, 0.1) is 0 Å². The first-order valence-corrected chi connectivity index (χ1v) is 7.04. The predicted molar refractivity (Wildman–Crippen MR) is 74.4 cm³/mol. The average molecular weight is 285 g/mol. The van der Waals surface area contributed by atoms with Crippen LogP contribution in [0.15, 0.2) is 17.5 Å². The van der Waals surface area contributed by atoms with Crippen molar-refractivity contribution < 1.29 is 14.7 Å². The van der Waals surface area contributed by atoms with E-state index in [9.17, 15) is 9.59 Å². The van der Waals surface area contributed by atoms with Gasteiger partial charge in [0.2, 0.25) is 0 Å². The van der Waals surface area contributed by atoms with Crippen molar-refractivity contribution in [3.05, 3.63) is 22.4 Å². The zero-order valence-corrected chi connectivity index (χ0v) is 11.6. The van der Waals surface area contributed by atoms with Crippen molar-refractivity contribution in [2.24, 2.45) is 0 Å². The molecule has 0 spiro atoms. The molecule has 1 rings (SSSR count). The highest BCUT2D eigenvalue weighted by Gasteiger charge is 2.22. The molecule has 19 heavy (non-hydrogen) atoms. The minimum Gasteiger partial charge on any atom is -0.479 e. The van der Waals surface area contributed by atoms with Gasteiger partial charge >= 0.3 is 12.0 Å². The second-order valence-corrected chi connectivity index (χ2v) is 4.87. The molecule has 2 amide bonds. The number of hydrogen-bond acceptors (Lipinski definition) is 4.